The maximum Gasteiger partial charge on any atom is 0.156 e. The third-order valence-electron chi connectivity index (χ3n) is 1.43. The van der Waals surface area contributed by atoms with E-state index in [1.807, 2.05) is 32.8 Å². The number of aliphatic hydroxyl groups is 1. The molecule has 62 valence electrons. The molecule has 3 heteroatoms. The molecule has 0 heterocycles. The zero-order chi connectivity index (χ0) is 8.15. The maximum absolute atomic E-state index is 9.03. The molecule has 0 radical (unpaired) electrons. The van der Waals surface area contributed by atoms with Crippen molar-refractivity contribution in [1.29, 1.82) is 0 Å². The van der Waals surface area contributed by atoms with E-state index < -0.39 is 6.29 Å². The molecule has 0 fully saturated rings. The van der Waals surface area contributed by atoms with Crippen molar-refractivity contribution in [3.05, 3.63) is 0 Å². The molecular formula is C7H17NO2. The summed E-state index contributed by atoms with van der Waals surface area (Å²) in [5, 5.41) is 9.03. The molecule has 0 saturated carbocycles. The van der Waals surface area contributed by atoms with E-state index in [1.165, 1.54) is 0 Å². The Bertz CT molecular complexity index is 85.7. The van der Waals surface area contributed by atoms with Gasteiger partial charge in [0, 0.05) is 0 Å². The quantitative estimate of drug-likeness (QED) is 0.592. The molecule has 0 spiro atoms. The van der Waals surface area contributed by atoms with Gasteiger partial charge in [-0.25, -0.2) is 0 Å². The summed E-state index contributed by atoms with van der Waals surface area (Å²) in [6.45, 7) is 3.78. The molecule has 0 aliphatic carbocycles. The molecule has 0 aromatic rings. The summed E-state index contributed by atoms with van der Waals surface area (Å²) in [6, 6.07) is 0. The zero-order valence-electron chi connectivity index (χ0n) is 7.16. The van der Waals surface area contributed by atoms with Gasteiger partial charge in [0.1, 0.15) is 6.23 Å². The van der Waals surface area contributed by atoms with Crippen molar-refractivity contribution >= 4 is 0 Å². The highest BCUT2D eigenvalue weighted by Crippen LogP contribution is 2.00. The minimum Gasteiger partial charge on any atom is -0.368 e. The van der Waals surface area contributed by atoms with Gasteiger partial charge in [-0.05, 0) is 27.4 Å². The number of ether oxygens (including phenoxy) is 1. The molecule has 0 saturated heterocycles. The van der Waals surface area contributed by atoms with Crippen LogP contribution in [-0.4, -0.2) is 36.6 Å². The normalized spacial score (nSPS) is 17.4. The standard InChI is InChI=1S/C7H17NO2/c1-5-7(9)10-6(2)8(3)4/h6-7,9H,5H2,1-4H3. The van der Waals surface area contributed by atoms with Gasteiger partial charge in [-0.3, -0.25) is 4.90 Å². The Balaban J connectivity index is 3.46. The Morgan fingerprint density at radius 3 is 2.30 bits per heavy atom. The minimum atomic E-state index is -0.627. The van der Waals surface area contributed by atoms with Gasteiger partial charge in [-0.15, -0.1) is 0 Å². The van der Waals surface area contributed by atoms with Crippen LogP contribution in [0, 0.1) is 0 Å². The summed E-state index contributed by atoms with van der Waals surface area (Å²) < 4.78 is 5.14. The minimum absolute atomic E-state index is 0.0186. The first kappa shape index (κ1) is 9.88. The predicted octanol–water partition coefficient (Wildman–Crippen LogP) is 0.639. The van der Waals surface area contributed by atoms with Crippen LogP contribution in [0.4, 0.5) is 0 Å². The molecule has 0 amide bonds. The van der Waals surface area contributed by atoms with E-state index in [1.54, 1.807) is 0 Å². The third-order valence-corrected chi connectivity index (χ3v) is 1.43. The van der Waals surface area contributed by atoms with Crippen molar-refractivity contribution in [3.63, 3.8) is 0 Å². The molecule has 0 aliphatic rings. The van der Waals surface area contributed by atoms with Crippen molar-refractivity contribution in [2.45, 2.75) is 32.8 Å². The summed E-state index contributed by atoms with van der Waals surface area (Å²) in [5.41, 5.74) is 0. The lowest BCUT2D eigenvalue weighted by Crippen LogP contribution is -2.31. The first-order chi connectivity index (χ1) is 4.57. The van der Waals surface area contributed by atoms with Crippen LogP contribution in [0.25, 0.3) is 0 Å². The smallest absolute Gasteiger partial charge is 0.156 e. The van der Waals surface area contributed by atoms with Crippen LogP contribution in [-0.2, 0) is 4.74 Å². The van der Waals surface area contributed by atoms with E-state index in [9.17, 15) is 0 Å². The van der Waals surface area contributed by atoms with Crippen LogP contribution in [0.15, 0.2) is 0 Å². The van der Waals surface area contributed by atoms with Gasteiger partial charge in [0.05, 0.1) is 0 Å². The van der Waals surface area contributed by atoms with Gasteiger partial charge in [0.2, 0.25) is 0 Å². The Labute approximate surface area is 62.6 Å². The molecule has 0 rings (SSSR count). The van der Waals surface area contributed by atoms with E-state index >= 15 is 0 Å². The van der Waals surface area contributed by atoms with E-state index in [0.29, 0.717) is 6.42 Å². The first-order valence-corrected chi connectivity index (χ1v) is 3.57. The van der Waals surface area contributed by atoms with E-state index in [4.69, 9.17) is 9.84 Å². The van der Waals surface area contributed by atoms with Crippen LogP contribution in [0.2, 0.25) is 0 Å². The Morgan fingerprint density at radius 1 is 1.50 bits per heavy atom. The van der Waals surface area contributed by atoms with Crippen molar-refractivity contribution < 1.29 is 9.84 Å². The SMILES string of the molecule is CCC(O)OC(C)N(C)C. The lowest BCUT2D eigenvalue weighted by Gasteiger charge is -2.22. The predicted molar refractivity (Wildman–Crippen MR) is 40.5 cm³/mol. The van der Waals surface area contributed by atoms with Gasteiger partial charge < -0.3 is 9.84 Å². The number of nitrogens with zero attached hydrogens (tertiary/aromatic N) is 1. The highest BCUT2D eigenvalue weighted by atomic mass is 16.6. The van der Waals surface area contributed by atoms with Crippen LogP contribution < -0.4 is 0 Å². The van der Waals surface area contributed by atoms with Gasteiger partial charge in [0.25, 0.3) is 0 Å². The van der Waals surface area contributed by atoms with Gasteiger partial charge in [0.15, 0.2) is 6.29 Å². The topological polar surface area (TPSA) is 32.7 Å². The molecule has 0 aliphatic heterocycles. The zero-order valence-corrected chi connectivity index (χ0v) is 7.16. The van der Waals surface area contributed by atoms with Crippen molar-refractivity contribution in [1.82, 2.24) is 4.90 Å². The molecule has 10 heavy (non-hydrogen) atoms. The Hall–Kier alpha value is -0.120. The highest BCUT2D eigenvalue weighted by molar-refractivity contribution is 4.45. The van der Waals surface area contributed by atoms with E-state index in [2.05, 4.69) is 0 Å². The third kappa shape index (κ3) is 3.82. The molecule has 3 nitrogen and oxygen atoms in total. The van der Waals surface area contributed by atoms with Crippen molar-refractivity contribution in [2.24, 2.45) is 0 Å². The van der Waals surface area contributed by atoms with Crippen LogP contribution >= 0.6 is 0 Å². The lowest BCUT2D eigenvalue weighted by atomic mass is 10.5. The summed E-state index contributed by atoms with van der Waals surface area (Å²) >= 11 is 0. The van der Waals surface area contributed by atoms with E-state index in [0.717, 1.165) is 0 Å². The number of hydrogen-bond donors (Lipinski definition) is 1. The Morgan fingerprint density at radius 2 is 2.00 bits per heavy atom. The monoisotopic (exact) mass is 147 g/mol. The maximum atomic E-state index is 9.03. The van der Waals surface area contributed by atoms with Crippen LogP contribution in [0.5, 0.6) is 0 Å². The Kier molecular flexibility index (Phi) is 4.60. The van der Waals surface area contributed by atoms with Gasteiger partial charge in [-0.2, -0.15) is 0 Å². The average molecular weight is 147 g/mol. The number of aliphatic hydroxyl groups excluding tert-OH is 1. The number of rotatable bonds is 4. The van der Waals surface area contributed by atoms with Crippen molar-refractivity contribution in [3.8, 4) is 0 Å². The largest absolute Gasteiger partial charge is 0.368 e. The fourth-order valence-electron chi connectivity index (χ4n) is 0.445. The summed E-state index contributed by atoms with van der Waals surface area (Å²) in [5.74, 6) is 0. The average Bonchev–Trinajstić information content (AvgIpc) is 1.87. The summed E-state index contributed by atoms with van der Waals surface area (Å²) in [7, 11) is 3.82. The first-order valence-electron chi connectivity index (χ1n) is 3.57. The molecule has 2 unspecified atom stereocenters. The number of hydrogen-bond acceptors (Lipinski definition) is 3. The molecule has 1 N–H and O–H groups in total. The van der Waals surface area contributed by atoms with Gasteiger partial charge in [-0.1, -0.05) is 6.92 Å². The second kappa shape index (κ2) is 4.66. The van der Waals surface area contributed by atoms with Gasteiger partial charge >= 0.3 is 0 Å². The fourth-order valence-corrected chi connectivity index (χ4v) is 0.445. The molecular weight excluding hydrogens is 130 g/mol. The fraction of sp³-hybridized carbons (Fsp3) is 1.00. The van der Waals surface area contributed by atoms with Crippen molar-refractivity contribution in [2.75, 3.05) is 14.1 Å². The highest BCUT2D eigenvalue weighted by Gasteiger charge is 2.08. The second-order valence-corrected chi connectivity index (χ2v) is 2.56. The second-order valence-electron chi connectivity index (χ2n) is 2.56. The lowest BCUT2D eigenvalue weighted by molar-refractivity contribution is -0.167. The molecule has 2 atom stereocenters. The van der Waals surface area contributed by atoms with E-state index in [-0.39, 0.29) is 6.23 Å². The molecule has 0 aromatic heterocycles. The molecule has 0 aromatic carbocycles. The summed E-state index contributed by atoms with van der Waals surface area (Å²) in [4.78, 5) is 1.90. The van der Waals surface area contributed by atoms with Crippen LogP contribution in [0.3, 0.4) is 0 Å². The molecule has 0 bridgehead atoms. The summed E-state index contributed by atoms with van der Waals surface area (Å²) in [6.07, 6.45) is -0.00889. The van der Waals surface area contributed by atoms with Crippen LogP contribution in [0.1, 0.15) is 20.3 Å².